The van der Waals surface area contributed by atoms with Gasteiger partial charge in [-0.05, 0) is 37.4 Å². The standard InChI is InChI=1S/C13H20ClNS/c1-2-15-13(10-6-4-3-5-7-10)11-8-9-12(14)16-11/h8-10,13,15H,2-7H2,1H3. The van der Waals surface area contributed by atoms with E-state index >= 15 is 0 Å². The molecule has 1 saturated carbocycles. The Labute approximate surface area is 107 Å². The molecule has 2 rings (SSSR count). The van der Waals surface area contributed by atoms with Crippen molar-refractivity contribution in [1.29, 1.82) is 0 Å². The van der Waals surface area contributed by atoms with Gasteiger partial charge in [-0.2, -0.15) is 0 Å². The normalized spacial score (nSPS) is 19.9. The van der Waals surface area contributed by atoms with Gasteiger partial charge in [-0.15, -0.1) is 11.3 Å². The first-order chi connectivity index (χ1) is 7.81. The van der Waals surface area contributed by atoms with Crippen LogP contribution in [0.5, 0.6) is 0 Å². The minimum Gasteiger partial charge on any atom is -0.309 e. The number of hydrogen-bond acceptors (Lipinski definition) is 2. The van der Waals surface area contributed by atoms with E-state index < -0.39 is 0 Å². The van der Waals surface area contributed by atoms with Crippen LogP contribution in [0.3, 0.4) is 0 Å². The van der Waals surface area contributed by atoms with Crippen LogP contribution in [0, 0.1) is 5.92 Å². The molecule has 0 aromatic carbocycles. The molecule has 0 aliphatic heterocycles. The zero-order chi connectivity index (χ0) is 11.4. The van der Waals surface area contributed by atoms with Gasteiger partial charge in [0.1, 0.15) is 0 Å². The monoisotopic (exact) mass is 257 g/mol. The minimum atomic E-state index is 0.530. The molecular weight excluding hydrogens is 238 g/mol. The summed E-state index contributed by atoms with van der Waals surface area (Å²) in [5.74, 6) is 0.809. The van der Waals surface area contributed by atoms with Crippen molar-refractivity contribution < 1.29 is 0 Å². The topological polar surface area (TPSA) is 12.0 Å². The van der Waals surface area contributed by atoms with E-state index in [0.717, 1.165) is 16.8 Å². The molecule has 1 aromatic rings. The van der Waals surface area contributed by atoms with Crippen LogP contribution in [-0.4, -0.2) is 6.54 Å². The summed E-state index contributed by atoms with van der Waals surface area (Å²) in [6.07, 6.45) is 6.94. The third kappa shape index (κ3) is 2.99. The molecule has 1 N–H and O–H groups in total. The summed E-state index contributed by atoms with van der Waals surface area (Å²) in [6.45, 7) is 3.22. The molecule has 1 nitrogen and oxygen atoms in total. The molecule has 1 heterocycles. The third-order valence-corrected chi connectivity index (χ3v) is 4.76. The second-order valence-corrected chi connectivity index (χ2v) is 6.32. The Morgan fingerprint density at radius 3 is 2.69 bits per heavy atom. The second-order valence-electron chi connectivity index (χ2n) is 4.58. The number of hydrogen-bond donors (Lipinski definition) is 1. The lowest BCUT2D eigenvalue weighted by atomic mass is 9.83. The van der Waals surface area contributed by atoms with Crippen LogP contribution in [0.15, 0.2) is 12.1 Å². The molecule has 1 aromatic heterocycles. The van der Waals surface area contributed by atoms with Crippen LogP contribution in [0.1, 0.15) is 49.9 Å². The molecule has 90 valence electrons. The van der Waals surface area contributed by atoms with Gasteiger partial charge < -0.3 is 5.32 Å². The fraction of sp³-hybridized carbons (Fsp3) is 0.692. The molecule has 1 aliphatic rings. The molecule has 0 radical (unpaired) electrons. The smallest absolute Gasteiger partial charge is 0.0931 e. The fourth-order valence-corrected chi connectivity index (χ4v) is 3.91. The van der Waals surface area contributed by atoms with Crippen molar-refractivity contribution >= 4 is 22.9 Å². The lowest BCUT2D eigenvalue weighted by Crippen LogP contribution is -2.28. The van der Waals surface area contributed by atoms with Gasteiger partial charge in [0, 0.05) is 10.9 Å². The molecular formula is C13H20ClNS. The van der Waals surface area contributed by atoms with E-state index in [1.165, 1.54) is 37.0 Å². The average Bonchev–Trinajstić information content (AvgIpc) is 2.74. The Bertz CT molecular complexity index is 317. The van der Waals surface area contributed by atoms with Gasteiger partial charge in [-0.3, -0.25) is 0 Å². The van der Waals surface area contributed by atoms with Gasteiger partial charge in [0.15, 0.2) is 0 Å². The van der Waals surface area contributed by atoms with Gasteiger partial charge in [0.25, 0.3) is 0 Å². The number of rotatable bonds is 4. The molecule has 1 unspecified atom stereocenters. The van der Waals surface area contributed by atoms with Crippen LogP contribution in [-0.2, 0) is 0 Å². The minimum absolute atomic E-state index is 0.530. The van der Waals surface area contributed by atoms with Crippen LogP contribution in [0.4, 0.5) is 0 Å². The summed E-state index contributed by atoms with van der Waals surface area (Å²) < 4.78 is 0.911. The molecule has 1 aliphatic carbocycles. The quantitative estimate of drug-likeness (QED) is 0.829. The molecule has 0 amide bonds. The van der Waals surface area contributed by atoms with E-state index in [1.807, 2.05) is 6.07 Å². The Hall–Kier alpha value is -0.0500. The first-order valence-electron chi connectivity index (χ1n) is 6.30. The number of thiophene rings is 1. The van der Waals surface area contributed by atoms with E-state index in [4.69, 9.17) is 11.6 Å². The molecule has 0 spiro atoms. The van der Waals surface area contributed by atoms with Crippen molar-refractivity contribution in [3.63, 3.8) is 0 Å². The first-order valence-corrected chi connectivity index (χ1v) is 7.49. The molecule has 0 saturated heterocycles. The SMILES string of the molecule is CCNC(c1ccc(Cl)s1)C1CCCCC1. The Kier molecular flexibility index (Phi) is 4.68. The Morgan fingerprint density at radius 2 is 2.12 bits per heavy atom. The van der Waals surface area contributed by atoms with Crippen molar-refractivity contribution in [3.8, 4) is 0 Å². The van der Waals surface area contributed by atoms with Gasteiger partial charge in [-0.1, -0.05) is 37.8 Å². The zero-order valence-corrected chi connectivity index (χ0v) is 11.4. The van der Waals surface area contributed by atoms with Crippen molar-refractivity contribution in [3.05, 3.63) is 21.3 Å². The van der Waals surface area contributed by atoms with Crippen molar-refractivity contribution in [2.24, 2.45) is 5.92 Å². The van der Waals surface area contributed by atoms with Crippen molar-refractivity contribution in [1.82, 2.24) is 5.32 Å². The lowest BCUT2D eigenvalue weighted by Gasteiger charge is -2.30. The summed E-state index contributed by atoms with van der Waals surface area (Å²) in [4.78, 5) is 1.42. The van der Waals surface area contributed by atoms with Crippen molar-refractivity contribution in [2.75, 3.05) is 6.54 Å². The first kappa shape index (κ1) is 12.4. The highest BCUT2D eigenvalue weighted by Gasteiger charge is 2.25. The Balaban J connectivity index is 2.09. The maximum absolute atomic E-state index is 6.03. The van der Waals surface area contributed by atoms with Gasteiger partial charge in [0.2, 0.25) is 0 Å². The Morgan fingerprint density at radius 1 is 1.38 bits per heavy atom. The van der Waals surface area contributed by atoms with Gasteiger partial charge in [0.05, 0.1) is 4.34 Å². The van der Waals surface area contributed by atoms with Crippen LogP contribution in [0.2, 0.25) is 4.34 Å². The lowest BCUT2D eigenvalue weighted by molar-refractivity contribution is 0.277. The van der Waals surface area contributed by atoms with Crippen LogP contribution >= 0.6 is 22.9 Å². The van der Waals surface area contributed by atoms with E-state index in [9.17, 15) is 0 Å². The molecule has 16 heavy (non-hydrogen) atoms. The van der Waals surface area contributed by atoms with Crippen LogP contribution in [0.25, 0.3) is 0 Å². The third-order valence-electron chi connectivity index (χ3n) is 3.45. The number of halogens is 1. The van der Waals surface area contributed by atoms with Crippen LogP contribution < -0.4 is 5.32 Å². The summed E-state index contributed by atoms with van der Waals surface area (Å²) >= 11 is 7.77. The largest absolute Gasteiger partial charge is 0.309 e. The fourth-order valence-electron chi connectivity index (χ4n) is 2.68. The summed E-state index contributed by atoms with van der Waals surface area (Å²) in [6, 6.07) is 4.74. The average molecular weight is 258 g/mol. The summed E-state index contributed by atoms with van der Waals surface area (Å²) in [7, 11) is 0. The highest BCUT2D eigenvalue weighted by atomic mass is 35.5. The molecule has 0 bridgehead atoms. The highest BCUT2D eigenvalue weighted by Crippen LogP contribution is 2.37. The molecule has 1 fully saturated rings. The molecule has 1 atom stereocenters. The van der Waals surface area contributed by atoms with E-state index in [2.05, 4.69) is 18.3 Å². The number of nitrogens with one attached hydrogen (secondary N) is 1. The van der Waals surface area contributed by atoms with Gasteiger partial charge >= 0.3 is 0 Å². The van der Waals surface area contributed by atoms with Gasteiger partial charge in [-0.25, -0.2) is 0 Å². The maximum atomic E-state index is 6.03. The summed E-state index contributed by atoms with van der Waals surface area (Å²) in [5, 5.41) is 3.63. The summed E-state index contributed by atoms with van der Waals surface area (Å²) in [5.41, 5.74) is 0. The molecule has 3 heteroatoms. The predicted molar refractivity (Wildman–Crippen MR) is 72.3 cm³/mol. The van der Waals surface area contributed by atoms with Crippen molar-refractivity contribution in [2.45, 2.75) is 45.1 Å². The maximum Gasteiger partial charge on any atom is 0.0931 e. The highest BCUT2D eigenvalue weighted by molar-refractivity contribution is 7.16. The van der Waals surface area contributed by atoms with E-state index in [-0.39, 0.29) is 0 Å². The second kappa shape index (κ2) is 6.04. The van der Waals surface area contributed by atoms with E-state index in [1.54, 1.807) is 11.3 Å². The zero-order valence-electron chi connectivity index (χ0n) is 9.84. The predicted octanol–water partition coefficient (Wildman–Crippen LogP) is 4.63. The van der Waals surface area contributed by atoms with E-state index in [0.29, 0.717) is 6.04 Å².